The van der Waals surface area contributed by atoms with Crippen LogP contribution in [0.3, 0.4) is 0 Å². The number of hydrogen-bond acceptors (Lipinski definition) is 4. The van der Waals surface area contributed by atoms with E-state index in [0.717, 1.165) is 31.0 Å². The summed E-state index contributed by atoms with van der Waals surface area (Å²) < 4.78 is 11.5. The predicted molar refractivity (Wildman–Crippen MR) is 91.7 cm³/mol. The van der Waals surface area contributed by atoms with Gasteiger partial charge in [0.05, 0.1) is 12.3 Å². The van der Waals surface area contributed by atoms with Crippen LogP contribution < -0.4 is 10.1 Å². The molecule has 1 unspecified atom stereocenters. The van der Waals surface area contributed by atoms with Crippen LogP contribution in [0.4, 0.5) is 0 Å². The van der Waals surface area contributed by atoms with Crippen LogP contribution in [0.25, 0.3) is 0 Å². The molecular formula is C19H26N2O2. The molecular weight excluding hydrogens is 288 g/mol. The van der Waals surface area contributed by atoms with Crippen molar-refractivity contribution >= 4 is 0 Å². The van der Waals surface area contributed by atoms with Crippen LogP contribution in [0.15, 0.2) is 41.0 Å². The van der Waals surface area contributed by atoms with Gasteiger partial charge in [-0.05, 0) is 57.3 Å². The zero-order valence-corrected chi connectivity index (χ0v) is 14.4. The molecule has 1 atom stereocenters. The molecule has 2 heterocycles. The number of fused-ring (bicyclic) bond motifs is 1. The Hall–Kier alpha value is -1.78. The summed E-state index contributed by atoms with van der Waals surface area (Å²) in [6.45, 7) is 5.96. The first-order valence-electron chi connectivity index (χ1n) is 8.16. The number of nitrogens with zero attached hydrogens (tertiary/aromatic N) is 1. The largest absolute Gasteiger partial charge is 0.487 e. The van der Waals surface area contributed by atoms with Gasteiger partial charge in [0.1, 0.15) is 17.1 Å². The van der Waals surface area contributed by atoms with E-state index in [1.54, 1.807) is 6.26 Å². The molecule has 1 aliphatic rings. The Morgan fingerprint density at radius 2 is 2.09 bits per heavy atom. The lowest BCUT2D eigenvalue weighted by Crippen LogP contribution is -2.30. The topological polar surface area (TPSA) is 37.6 Å². The molecule has 0 radical (unpaired) electrons. The quantitative estimate of drug-likeness (QED) is 0.887. The van der Waals surface area contributed by atoms with E-state index in [1.807, 2.05) is 12.1 Å². The fourth-order valence-electron chi connectivity index (χ4n) is 3.14. The van der Waals surface area contributed by atoms with E-state index in [1.165, 1.54) is 11.1 Å². The van der Waals surface area contributed by atoms with Crippen molar-refractivity contribution in [3.05, 3.63) is 53.5 Å². The highest BCUT2D eigenvalue weighted by atomic mass is 16.5. The van der Waals surface area contributed by atoms with Crippen molar-refractivity contribution in [2.24, 2.45) is 0 Å². The van der Waals surface area contributed by atoms with Gasteiger partial charge in [-0.2, -0.15) is 0 Å². The second-order valence-electron chi connectivity index (χ2n) is 7.11. The molecule has 0 saturated heterocycles. The molecule has 124 valence electrons. The average molecular weight is 314 g/mol. The van der Waals surface area contributed by atoms with Crippen molar-refractivity contribution in [3.8, 4) is 5.75 Å². The van der Waals surface area contributed by atoms with Crippen LogP contribution in [-0.4, -0.2) is 31.1 Å². The molecule has 23 heavy (non-hydrogen) atoms. The summed E-state index contributed by atoms with van der Waals surface area (Å²) in [7, 11) is 4.15. The fourth-order valence-corrected chi connectivity index (χ4v) is 3.14. The number of hydrogen-bond donors (Lipinski definition) is 1. The normalized spacial score (nSPS) is 17.1. The maximum Gasteiger partial charge on any atom is 0.123 e. The molecule has 1 aliphatic heterocycles. The molecule has 0 saturated carbocycles. The van der Waals surface area contributed by atoms with Crippen LogP contribution in [0.2, 0.25) is 0 Å². The Morgan fingerprint density at radius 1 is 1.26 bits per heavy atom. The van der Waals surface area contributed by atoms with Crippen molar-refractivity contribution in [2.45, 2.75) is 38.5 Å². The number of ether oxygens (including phenoxy) is 1. The maximum atomic E-state index is 5.93. The zero-order valence-electron chi connectivity index (χ0n) is 14.4. The number of nitrogens with one attached hydrogen (secondary N) is 1. The Bertz CT molecular complexity index is 647. The van der Waals surface area contributed by atoms with Gasteiger partial charge in [0.15, 0.2) is 0 Å². The molecule has 1 aromatic heterocycles. The lowest BCUT2D eigenvalue weighted by atomic mass is 10.0. The van der Waals surface area contributed by atoms with Crippen molar-refractivity contribution in [2.75, 3.05) is 20.6 Å². The van der Waals surface area contributed by atoms with E-state index in [-0.39, 0.29) is 11.6 Å². The maximum absolute atomic E-state index is 5.93. The molecule has 1 N–H and O–H groups in total. The SMILES string of the molecule is CN(C)C(CNCc1ccc2c(c1)CC(C)(C)O2)c1ccco1. The monoisotopic (exact) mass is 314 g/mol. The zero-order chi connectivity index (χ0) is 16.4. The van der Waals surface area contributed by atoms with Crippen LogP contribution in [0.5, 0.6) is 5.75 Å². The van der Waals surface area contributed by atoms with Crippen molar-refractivity contribution in [1.82, 2.24) is 10.2 Å². The minimum atomic E-state index is -0.0797. The Balaban J connectivity index is 1.59. The van der Waals surface area contributed by atoms with Gasteiger partial charge in [-0.3, -0.25) is 4.90 Å². The standard InChI is InChI=1S/C19H26N2O2/c1-19(2)11-15-10-14(7-8-17(15)23-19)12-20-13-16(21(3)4)18-6-5-9-22-18/h5-10,16,20H,11-13H2,1-4H3. The van der Waals surface area contributed by atoms with Gasteiger partial charge >= 0.3 is 0 Å². The number of benzene rings is 1. The summed E-state index contributed by atoms with van der Waals surface area (Å²) in [5, 5.41) is 3.54. The molecule has 3 rings (SSSR count). The molecule has 4 heteroatoms. The molecule has 4 nitrogen and oxygen atoms in total. The molecule has 0 bridgehead atoms. The first-order chi connectivity index (χ1) is 10.9. The molecule has 0 amide bonds. The van der Waals surface area contributed by atoms with Crippen molar-refractivity contribution in [3.63, 3.8) is 0 Å². The lowest BCUT2D eigenvalue weighted by molar-refractivity contribution is 0.138. The van der Waals surface area contributed by atoms with E-state index in [0.29, 0.717) is 0 Å². The molecule has 1 aromatic carbocycles. The van der Waals surface area contributed by atoms with Crippen LogP contribution >= 0.6 is 0 Å². The Kier molecular flexibility index (Phi) is 4.46. The van der Waals surface area contributed by atoms with E-state index >= 15 is 0 Å². The second kappa shape index (κ2) is 6.38. The van der Waals surface area contributed by atoms with E-state index in [9.17, 15) is 0 Å². The fraction of sp³-hybridized carbons (Fsp3) is 0.474. The van der Waals surface area contributed by atoms with E-state index in [4.69, 9.17) is 9.15 Å². The molecule has 0 aliphatic carbocycles. The number of furan rings is 1. The first-order valence-corrected chi connectivity index (χ1v) is 8.16. The van der Waals surface area contributed by atoms with Gasteiger partial charge in [0.25, 0.3) is 0 Å². The predicted octanol–water partition coefficient (Wildman–Crippen LogP) is 3.39. The summed E-state index contributed by atoms with van der Waals surface area (Å²) >= 11 is 0. The van der Waals surface area contributed by atoms with Gasteiger partial charge in [0.2, 0.25) is 0 Å². The third-order valence-corrected chi connectivity index (χ3v) is 4.29. The summed E-state index contributed by atoms with van der Waals surface area (Å²) in [5.41, 5.74) is 2.52. The Morgan fingerprint density at radius 3 is 2.78 bits per heavy atom. The van der Waals surface area contributed by atoms with Gasteiger partial charge in [-0.15, -0.1) is 0 Å². The minimum absolute atomic E-state index is 0.0797. The number of likely N-dealkylation sites (N-methyl/N-ethyl adjacent to an activating group) is 1. The smallest absolute Gasteiger partial charge is 0.123 e. The third-order valence-electron chi connectivity index (χ3n) is 4.29. The third kappa shape index (κ3) is 3.77. The summed E-state index contributed by atoms with van der Waals surface area (Å²) in [6.07, 6.45) is 2.71. The first kappa shape index (κ1) is 16.1. The molecule has 0 spiro atoms. The second-order valence-corrected chi connectivity index (χ2v) is 7.11. The highest BCUT2D eigenvalue weighted by Gasteiger charge is 2.29. The van der Waals surface area contributed by atoms with Gasteiger partial charge in [-0.25, -0.2) is 0 Å². The van der Waals surface area contributed by atoms with E-state index in [2.05, 4.69) is 56.4 Å². The molecule has 0 fully saturated rings. The van der Waals surface area contributed by atoms with Gasteiger partial charge in [0, 0.05) is 19.5 Å². The van der Waals surface area contributed by atoms with Gasteiger partial charge in [-0.1, -0.05) is 12.1 Å². The average Bonchev–Trinajstić information content (AvgIpc) is 3.08. The van der Waals surface area contributed by atoms with Crippen LogP contribution in [0, 0.1) is 0 Å². The Labute approximate surface area is 138 Å². The van der Waals surface area contributed by atoms with Gasteiger partial charge < -0.3 is 14.5 Å². The minimum Gasteiger partial charge on any atom is -0.487 e. The summed E-state index contributed by atoms with van der Waals surface area (Å²) in [5.74, 6) is 2.02. The van der Waals surface area contributed by atoms with Crippen LogP contribution in [-0.2, 0) is 13.0 Å². The number of rotatable bonds is 6. The highest BCUT2D eigenvalue weighted by Crippen LogP contribution is 2.35. The lowest BCUT2D eigenvalue weighted by Gasteiger charge is -2.22. The summed E-state index contributed by atoms with van der Waals surface area (Å²) in [6, 6.07) is 10.7. The van der Waals surface area contributed by atoms with Crippen molar-refractivity contribution < 1.29 is 9.15 Å². The highest BCUT2D eigenvalue weighted by molar-refractivity contribution is 5.41. The van der Waals surface area contributed by atoms with Crippen molar-refractivity contribution in [1.29, 1.82) is 0 Å². The van der Waals surface area contributed by atoms with Crippen LogP contribution in [0.1, 0.15) is 36.8 Å². The molecule has 2 aromatic rings. The summed E-state index contributed by atoms with van der Waals surface area (Å²) in [4.78, 5) is 2.17. The van der Waals surface area contributed by atoms with E-state index < -0.39 is 0 Å².